The number of hydrogen-bond donors (Lipinski definition) is 3. The maximum Gasteiger partial charge on any atom is 0.336 e. The van der Waals surface area contributed by atoms with Crippen LogP contribution in [-0.2, 0) is 0 Å². The highest BCUT2D eigenvalue weighted by Crippen LogP contribution is 2.33. The fraction of sp³-hybridized carbons (Fsp3) is 0.500. The molecule has 0 radical (unpaired) electrons. The van der Waals surface area contributed by atoms with Crippen molar-refractivity contribution in [2.75, 3.05) is 0 Å². The second kappa shape index (κ2) is 4.61. The average molecular weight is 237 g/mol. The fourth-order valence-electron chi connectivity index (χ4n) is 2.53. The van der Waals surface area contributed by atoms with E-state index in [0.717, 1.165) is 38.2 Å². The van der Waals surface area contributed by atoms with Crippen LogP contribution in [-0.4, -0.2) is 21.2 Å². The van der Waals surface area contributed by atoms with Crippen molar-refractivity contribution >= 4 is 5.97 Å². The second-order valence-corrected chi connectivity index (χ2v) is 4.45. The zero-order chi connectivity index (χ0) is 12.4. The van der Waals surface area contributed by atoms with E-state index in [2.05, 4.69) is 4.98 Å². The number of rotatable bonds is 2. The first-order valence-corrected chi connectivity index (χ1v) is 5.79. The third-order valence-corrected chi connectivity index (χ3v) is 3.30. The lowest BCUT2D eigenvalue weighted by molar-refractivity contribution is 0.0693. The summed E-state index contributed by atoms with van der Waals surface area (Å²) >= 11 is 0. The molecular weight excluding hydrogens is 222 g/mol. The van der Waals surface area contributed by atoms with Crippen molar-refractivity contribution in [1.29, 1.82) is 0 Å². The molecule has 0 atom stereocenters. The minimum absolute atomic E-state index is 0.000741. The molecule has 17 heavy (non-hydrogen) atoms. The van der Waals surface area contributed by atoms with E-state index in [-0.39, 0.29) is 11.5 Å². The lowest BCUT2D eigenvalue weighted by atomic mass is 9.83. The quantitative estimate of drug-likeness (QED) is 0.731. The molecule has 0 saturated heterocycles. The standard InChI is InChI=1S/C12H15NO4/c14-9-6-8(12(16)17)10(11(15)13-9)7-4-2-1-3-5-7/h6-7H,1-5H2,(H,16,17)(H2,13,14,15). The van der Waals surface area contributed by atoms with Crippen LogP contribution >= 0.6 is 0 Å². The lowest BCUT2D eigenvalue weighted by Crippen LogP contribution is -2.22. The Morgan fingerprint density at radius 3 is 2.53 bits per heavy atom. The summed E-state index contributed by atoms with van der Waals surface area (Å²) in [5.41, 5.74) is -0.234. The van der Waals surface area contributed by atoms with Crippen molar-refractivity contribution < 1.29 is 15.0 Å². The van der Waals surface area contributed by atoms with Crippen LogP contribution in [0.1, 0.15) is 53.9 Å². The van der Waals surface area contributed by atoms with E-state index in [4.69, 9.17) is 5.11 Å². The molecule has 0 unspecified atom stereocenters. The molecule has 5 nitrogen and oxygen atoms in total. The average Bonchev–Trinajstić information content (AvgIpc) is 2.29. The smallest absolute Gasteiger partial charge is 0.336 e. The van der Waals surface area contributed by atoms with Crippen molar-refractivity contribution in [1.82, 2.24) is 4.98 Å². The van der Waals surface area contributed by atoms with Gasteiger partial charge in [-0.3, -0.25) is 9.78 Å². The van der Waals surface area contributed by atoms with Gasteiger partial charge >= 0.3 is 5.97 Å². The highest BCUT2D eigenvalue weighted by Gasteiger charge is 2.25. The molecule has 1 aromatic rings. The van der Waals surface area contributed by atoms with E-state index in [9.17, 15) is 14.7 Å². The van der Waals surface area contributed by atoms with Gasteiger partial charge in [-0.1, -0.05) is 19.3 Å². The Kier molecular flexibility index (Phi) is 3.17. The summed E-state index contributed by atoms with van der Waals surface area (Å²) < 4.78 is 0. The largest absolute Gasteiger partial charge is 0.494 e. The van der Waals surface area contributed by atoms with Gasteiger partial charge in [-0.25, -0.2) is 4.79 Å². The van der Waals surface area contributed by atoms with Crippen molar-refractivity contribution in [3.8, 4) is 5.88 Å². The van der Waals surface area contributed by atoms with Gasteiger partial charge in [0.2, 0.25) is 0 Å². The minimum atomic E-state index is -1.16. The Balaban J connectivity index is 2.50. The van der Waals surface area contributed by atoms with Crippen LogP contribution in [0, 0.1) is 0 Å². The van der Waals surface area contributed by atoms with Gasteiger partial charge in [0.15, 0.2) is 5.88 Å². The monoisotopic (exact) mass is 237 g/mol. The molecule has 0 spiro atoms. The number of aromatic hydroxyl groups is 1. The summed E-state index contributed by atoms with van der Waals surface area (Å²) in [6.45, 7) is 0. The number of aromatic carboxylic acids is 1. The molecule has 1 heterocycles. The van der Waals surface area contributed by atoms with Gasteiger partial charge in [0.1, 0.15) is 0 Å². The predicted octanol–water partition coefficient (Wildman–Crippen LogP) is 1.83. The molecule has 0 aliphatic heterocycles. The normalized spacial score (nSPS) is 16.9. The van der Waals surface area contributed by atoms with E-state index in [1.165, 1.54) is 0 Å². The van der Waals surface area contributed by atoms with Gasteiger partial charge in [-0.05, 0) is 18.8 Å². The minimum Gasteiger partial charge on any atom is -0.494 e. The van der Waals surface area contributed by atoms with Gasteiger partial charge in [0, 0.05) is 11.6 Å². The van der Waals surface area contributed by atoms with E-state index >= 15 is 0 Å². The Bertz CT molecular complexity index is 486. The zero-order valence-corrected chi connectivity index (χ0v) is 9.40. The Hall–Kier alpha value is -1.78. The summed E-state index contributed by atoms with van der Waals surface area (Å²) in [7, 11) is 0. The molecule has 5 heteroatoms. The SMILES string of the molecule is O=C(O)c1cc(O)[nH]c(=O)c1C1CCCCC1. The molecule has 1 aromatic heterocycles. The van der Waals surface area contributed by atoms with Crippen LogP contribution in [0.15, 0.2) is 10.9 Å². The van der Waals surface area contributed by atoms with Gasteiger partial charge in [0.05, 0.1) is 5.56 Å². The van der Waals surface area contributed by atoms with Crippen molar-refractivity contribution in [2.24, 2.45) is 0 Å². The number of aromatic amines is 1. The van der Waals surface area contributed by atoms with Crippen molar-refractivity contribution in [3.05, 3.63) is 27.5 Å². The lowest BCUT2D eigenvalue weighted by Gasteiger charge is -2.22. The van der Waals surface area contributed by atoms with E-state index in [1.807, 2.05) is 0 Å². The molecule has 0 bridgehead atoms. The van der Waals surface area contributed by atoms with Crippen molar-refractivity contribution in [3.63, 3.8) is 0 Å². The van der Waals surface area contributed by atoms with Gasteiger partial charge in [-0.15, -0.1) is 0 Å². The third kappa shape index (κ3) is 2.33. The fourth-order valence-corrected chi connectivity index (χ4v) is 2.53. The molecule has 3 N–H and O–H groups in total. The van der Waals surface area contributed by atoms with E-state index in [1.54, 1.807) is 0 Å². The highest BCUT2D eigenvalue weighted by atomic mass is 16.4. The molecule has 1 fully saturated rings. The van der Waals surface area contributed by atoms with Gasteiger partial charge in [-0.2, -0.15) is 0 Å². The first-order valence-electron chi connectivity index (χ1n) is 5.79. The molecule has 2 rings (SSSR count). The number of carboxylic acids is 1. The molecule has 1 saturated carbocycles. The summed E-state index contributed by atoms with van der Waals surface area (Å²) in [4.78, 5) is 25.2. The summed E-state index contributed by atoms with van der Waals surface area (Å²) in [5.74, 6) is -1.56. The Labute approximate surface area is 98.1 Å². The maximum absolute atomic E-state index is 11.8. The third-order valence-electron chi connectivity index (χ3n) is 3.30. The van der Waals surface area contributed by atoms with Crippen LogP contribution in [0.2, 0.25) is 0 Å². The number of H-pyrrole nitrogens is 1. The summed E-state index contributed by atoms with van der Waals surface area (Å²) in [6.07, 6.45) is 4.85. The number of aromatic nitrogens is 1. The number of nitrogens with one attached hydrogen (secondary N) is 1. The van der Waals surface area contributed by atoms with Crippen LogP contribution < -0.4 is 5.56 Å². The molecule has 92 valence electrons. The molecule has 1 aliphatic rings. The molecule has 0 aromatic carbocycles. The topological polar surface area (TPSA) is 90.4 Å². The Morgan fingerprint density at radius 2 is 1.94 bits per heavy atom. The van der Waals surface area contributed by atoms with Crippen LogP contribution in [0.5, 0.6) is 5.88 Å². The number of hydrogen-bond acceptors (Lipinski definition) is 3. The van der Waals surface area contributed by atoms with E-state index in [0.29, 0.717) is 5.56 Å². The van der Waals surface area contributed by atoms with Crippen molar-refractivity contribution in [2.45, 2.75) is 38.0 Å². The molecular formula is C12H15NO4. The number of pyridine rings is 1. The Morgan fingerprint density at radius 1 is 1.29 bits per heavy atom. The first-order chi connectivity index (χ1) is 8.09. The van der Waals surface area contributed by atoms with E-state index < -0.39 is 17.4 Å². The van der Waals surface area contributed by atoms with Crippen LogP contribution in [0.4, 0.5) is 0 Å². The number of carbonyl (C=O) groups is 1. The highest BCUT2D eigenvalue weighted by molar-refractivity contribution is 5.89. The maximum atomic E-state index is 11.8. The van der Waals surface area contributed by atoms with Gasteiger partial charge < -0.3 is 10.2 Å². The molecule has 1 aliphatic carbocycles. The van der Waals surface area contributed by atoms with Gasteiger partial charge in [0.25, 0.3) is 5.56 Å². The summed E-state index contributed by atoms with van der Waals surface area (Å²) in [6, 6.07) is 1.12. The van der Waals surface area contributed by atoms with Crippen LogP contribution in [0.25, 0.3) is 0 Å². The first kappa shape index (κ1) is 11.7. The summed E-state index contributed by atoms with van der Waals surface area (Å²) in [5, 5.41) is 18.3. The zero-order valence-electron chi connectivity index (χ0n) is 9.40. The van der Waals surface area contributed by atoms with Crippen LogP contribution in [0.3, 0.4) is 0 Å². The second-order valence-electron chi connectivity index (χ2n) is 4.45. The number of carboxylic acid groups (broad SMARTS) is 1. The predicted molar refractivity (Wildman–Crippen MR) is 61.5 cm³/mol. The molecule has 0 amide bonds.